The Bertz CT molecular complexity index is 64.3. The van der Waals surface area contributed by atoms with Gasteiger partial charge in [0.15, 0.2) is 0 Å². The van der Waals surface area contributed by atoms with Gasteiger partial charge in [-0.25, -0.2) is 0 Å². The molecule has 0 aliphatic rings. The fourth-order valence-corrected chi connectivity index (χ4v) is 1.26. The molecule has 0 saturated carbocycles. The van der Waals surface area contributed by atoms with Gasteiger partial charge in [-0.3, -0.25) is 0 Å². The van der Waals surface area contributed by atoms with Gasteiger partial charge < -0.3 is 3.79 Å². The smallest absolute Gasteiger partial charge is 0.410 e. The van der Waals surface area contributed by atoms with Crippen LogP contribution in [0.25, 0.3) is 0 Å². The minimum atomic E-state index is 0.872. The molecule has 0 saturated heterocycles. The summed E-state index contributed by atoms with van der Waals surface area (Å²) in [5, 5.41) is 0. The van der Waals surface area contributed by atoms with Gasteiger partial charge >= 0.3 is 16.6 Å². The monoisotopic (exact) mass is 158 g/mol. The van der Waals surface area contributed by atoms with Crippen molar-refractivity contribution in [2.24, 2.45) is 5.92 Å². The van der Waals surface area contributed by atoms with Crippen molar-refractivity contribution in [3.8, 4) is 0 Å². The summed E-state index contributed by atoms with van der Waals surface area (Å²) in [6, 6.07) is 0. The molecule has 0 N–H and O–H groups in total. The molecule has 0 bridgehead atoms. The summed E-state index contributed by atoms with van der Waals surface area (Å²) in [5.74, 6) is 0.872. The zero-order chi connectivity index (χ0) is 7.82. The molecule has 0 fully saturated rings. The molecule has 0 atom stereocenters. The van der Waals surface area contributed by atoms with Crippen molar-refractivity contribution in [2.45, 2.75) is 39.5 Å². The van der Waals surface area contributed by atoms with Crippen LogP contribution < -0.4 is 0 Å². The summed E-state index contributed by atoms with van der Waals surface area (Å²) in [4.78, 5) is 0. The van der Waals surface area contributed by atoms with Crippen LogP contribution in [0.4, 0.5) is 0 Å². The lowest BCUT2D eigenvalue weighted by Crippen LogP contribution is -1.91. The first-order valence-electron chi connectivity index (χ1n) is 4.26. The van der Waals surface area contributed by atoms with Crippen molar-refractivity contribution in [3.05, 3.63) is 0 Å². The minimum absolute atomic E-state index is 0.872. The van der Waals surface area contributed by atoms with Gasteiger partial charge in [0.1, 0.15) is 0 Å². The zero-order valence-electron chi connectivity index (χ0n) is 7.52. The number of hydrogen-bond acceptors (Lipinski definition) is 1. The molecule has 0 amide bonds. The van der Waals surface area contributed by atoms with Crippen molar-refractivity contribution in [2.75, 3.05) is 6.61 Å². The van der Waals surface area contributed by atoms with Gasteiger partial charge in [-0.05, 0) is 12.3 Å². The van der Waals surface area contributed by atoms with Crippen LogP contribution in [0.15, 0.2) is 0 Å². The van der Waals surface area contributed by atoms with E-state index in [1.807, 2.05) is 0 Å². The van der Waals surface area contributed by atoms with Gasteiger partial charge in [-0.2, -0.15) is 0 Å². The maximum Gasteiger partial charge on any atom is 0.410 e. The Morgan fingerprint density at radius 3 is 2.40 bits per heavy atom. The van der Waals surface area contributed by atoms with E-state index in [0.717, 1.165) is 29.1 Å². The summed E-state index contributed by atoms with van der Waals surface area (Å²) >= 11 is 0.904. The fourth-order valence-electron chi connectivity index (χ4n) is 0.976. The molecule has 0 rings (SSSR count). The summed E-state index contributed by atoms with van der Waals surface area (Å²) in [5.41, 5.74) is 0. The molecule has 0 aromatic carbocycles. The highest BCUT2D eigenvalue weighted by Crippen LogP contribution is 2.07. The van der Waals surface area contributed by atoms with E-state index in [9.17, 15) is 0 Å². The predicted molar refractivity (Wildman–Crippen MR) is 47.8 cm³/mol. The Balaban J connectivity index is 2.77. The van der Waals surface area contributed by atoms with E-state index >= 15 is 0 Å². The predicted octanol–water partition coefficient (Wildman–Crippen LogP) is 1.77. The van der Waals surface area contributed by atoms with Crippen LogP contribution in [0.3, 0.4) is 0 Å². The summed E-state index contributed by atoms with van der Waals surface area (Å²) in [6.45, 7) is 5.55. The number of rotatable bonds is 6. The quantitative estimate of drug-likeness (QED) is 0.423. The molecule has 0 aromatic heterocycles. The van der Waals surface area contributed by atoms with Gasteiger partial charge in [-0.1, -0.05) is 33.1 Å². The van der Waals surface area contributed by atoms with Crippen LogP contribution in [0.5, 0.6) is 0 Å². The van der Waals surface area contributed by atoms with Crippen molar-refractivity contribution in [1.29, 1.82) is 0 Å². The van der Waals surface area contributed by atoms with Crippen LogP contribution in [0.1, 0.15) is 39.5 Å². The molecule has 0 aliphatic heterocycles. The molecule has 0 unspecified atom stereocenters. The normalized spacial score (nSPS) is 10.7. The summed E-state index contributed by atoms with van der Waals surface area (Å²) in [7, 11) is 0. The molecule has 0 aliphatic carbocycles. The first kappa shape index (κ1) is 10.5. The minimum Gasteiger partial charge on any atom is -0.506 e. The molecule has 0 heterocycles. The summed E-state index contributed by atoms with van der Waals surface area (Å²) < 4.78 is 5.09. The molecule has 2 heteroatoms. The lowest BCUT2D eigenvalue weighted by atomic mass is 10.1. The van der Waals surface area contributed by atoms with E-state index in [2.05, 4.69) is 13.8 Å². The second-order valence-electron chi connectivity index (χ2n) is 3.24. The van der Waals surface area contributed by atoms with Crippen LogP contribution in [0, 0.1) is 5.92 Å². The standard InChI is InChI=1S/C8H17O.Al.2H/c1-8(2)6-4-3-5-7-9;;;/h8H,3-7H2,1-2H3;;;/q-1;+1;;. The SMILES string of the molecule is CC(C)CCCCC[O][AlH2]. The van der Waals surface area contributed by atoms with E-state index in [1.165, 1.54) is 25.7 Å². The van der Waals surface area contributed by atoms with Crippen LogP contribution in [0.2, 0.25) is 0 Å². The summed E-state index contributed by atoms with van der Waals surface area (Å²) in [6.07, 6.45) is 5.36. The molecule has 0 aromatic rings. The Labute approximate surface area is 72.9 Å². The highest BCUT2D eigenvalue weighted by Gasteiger charge is 1.92. The average Bonchev–Trinajstić information content (AvgIpc) is 1.87. The van der Waals surface area contributed by atoms with Crippen molar-refractivity contribution < 1.29 is 3.79 Å². The number of unbranched alkanes of at least 4 members (excludes halogenated alkanes) is 2. The third-order valence-electron chi connectivity index (χ3n) is 1.63. The van der Waals surface area contributed by atoms with Crippen LogP contribution in [-0.4, -0.2) is 23.2 Å². The van der Waals surface area contributed by atoms with Gasteiger partial charge in [0.25, 0.3) is 0 Å². The third-order valence-corrected chi connectivity index (χ3v) is 2.04. The van der Waals surface area contributed by atoms with Crippen molar-refractivity contribution in [1.82, 2.24) is 0 Å². The number of hydrogen-bond donors (Lipinski definition) is 0. The fraction of sp³-hybridized carbons (Fsp3) is 1.00. The first-order valence-corrected chi connectivity index (χ1v) is 5.08. The molecular formula is C8H19AlO. The Morgan fingerprint density at radius 1 is 1.20 bits per heavy atom. The topological polar surface area (TPSA) is 9.23 Å². The van der Waals surface area contributed by atoms with Crippen molar-refractivity contribution >= 4 is 16.6 Å². The third kappa shape index (κ3) is 8.49. The molecular weight excluding hydrogens is 139 g/mol. The van der Waals surface area contributed by atoms with Gasteiger partial charge in [0.2, 0.25) is 0 Å². The largest absolute Gasteiger partial charge is 0.506 e. The lowest BCUT2D eigenvalue weighted by Gasteiger charge is -2.03. The van der Waals surface area contributed by atoms with Crippen LogP contribution in [-0.2, 0) is 3.79 Å². The zero-order valence-corrected chi connectivity index (χ0v) is 9.52. The van der Waals surface area contributed by atoms with Gasteiger partial charge in [-0.15, -0.1) is 0 Å². The average molecular weight is 158 g/mol. The second-order valence-corrected chi connectivity index (χ2v) is 3.81. The Morgan fingerprint density at radius 2 is 1.90 bits per heavy atom. The highest BCUT2D eigenvalue weighted by molar-refractivity contribution is 5.97. The van der Waals surface area contributed by atoms with Gasteiger partial charge in [0, 0.05) is 6.61 Å². The molecule has 10 heavy (non-hydrogen) atoms. The molecule has 0 radical (unpaired) electrons. The van der Waals surface area contributed by atoms with Gasteiger partial charge in [0.05, 0.1) is 0 Å². The Hall–Kier alpha value is 0.492. The van der Waals surface area contributed by atoms with E-state index < -0.39 is 0 Å². The van der Waals surface area contributed by atoms with E-state index in [4.69, 9.17) is 3.79 Å². The lowest BCUT2D eigenvalue weighted by molar-refractivity contribution is 0.331. The Kier molecular flexibility index (Phi) is 7.97. The second kappa shape index (κ2) is 7.60. The maximum absolute atomic E-state index is 5.09. The molecule has 60 valence electrons. The van der Waals surface area contributed by atoms with E-state index in [0.29, 0.717) is 0 Å². The first-order chi connectivity index (χ1) is 4.77. The van der Waals surface area contributed by atoms with E-state index in [1.54, 1.807) is 0 Å². The highest BCUT2D eigenvalue weighted by atomic mass is 27.1. The maximum atomic E-state index is 5.09. The van der Waals surface area contributed by atoms with Crippen molar-refractivity contribution in [3.63, 3.8) is 0 Å². The molecule has 0 spiro atoms. The van der Waals surface area contributed by atoms with E-state index in [-0.39, 0.29) is 0 Å². The van der Waals surface area contributed by atoms with Crippen LogP contribution >= 0.6 is 0 Å². The molecule has 1 nitrogen and oxygen atoms in total.